The topological polar surface area (TPSA) is 86.8 Å². The van der Waals surface area contributed by atoms with Crippen LogP contribution >= 0.6 is 0 Å². The standard InChI is InChI=1S/C35H45N3O4S/c1-26-19-21-30(22-20-26)25-37(33(24-29-13-6-5-7-14-29)35(40)36-31-15-8-9-16-31)34(39)18-11-23-38(43(4,41)42)32-17-10-12-27(2)28(32)3/h5-7,10,12-14,17,19-22,31,33H,8-9,11,15-16,18,23-25H2,1-4H3,(H,36,40). The molecular formula is C35H45N3O4S. The highest BCUT2D eigenvalue weighted by Gasteiger charge is 2.32. The van der Waals surface area contributed by atoms with Gasteiger partial charge in [0.2, 0.25) is 21.8 Å². The number of amides is 2. The molecule has 0 radical (unpaired) electrons. The van der Waals surface area contributed by atoms with E-state index in [9.17, 15) is 18.0 Å². The molecule has 4 rings (SSSR count). The van der Waals surface area contributed by atoms with Gasteiger partial charge in [0.05, 0.1) is 11.9 Å². The molecular weight excluding hydrogens is 558 g/mol. The zero-order chi connectivity index (χ0) is 31.0. The Bertz CT molecular complexity index is 1480. The van der Waals surface area contributed by atoms with Gasteiger partial charge >= 0.3 is 0 Å². The van der Waals surface area contributed by atoms with Crippen LogP contribution in [0.3, 0.4) is 0 Å². The Kier molecular flexibility index (Phi) is 11.0. The van der Waals surface area contributed by atoms with E-state index in [1.807, 2.05) is 87.5 Å². The number of nitrogens with one attached hydrogen (secondary N) is 1. The van der Waals surface area contributed by atoms with E-state index in [1.165, 1.54) is 10.6 Å². The average molecular weight is 604 g/mol. The van der Waals surface area contributed by atoms with Crippen LogP contribution in [0, 0.1) is 20.8 Å². The molecule has 0 heterocycles. The number of carbonyl (C=O) groups excluding carboxylic acids is 2. The van der Waals surface area contributed by atoms with Crippen LogP contribution in [0.25, 0.3) is 0 Å². The SMILES string of the molecule is Cc1ccc(CN(C(=O)CCCN(c2cccc(C)c2C)S(C)(=O)=O)C(Cc2ccccc2)C(=O)NC2CCCC2)cc1. The predicted octanol–water partition coefficient (Wildman–Crippen LogP) is 5.86. The third-order valence-electron chi connectivity index (χ3n) is 8.44. The molecule has 0 aromatic heterocycles. The Labute approximate surface area is 257 Å². The van der Waals surface area contributed by atoms with Crippen LogP contribution in [0.1, 0.15) is 66.3 Å². The van der Waals surface area contributed by atoms with E-state index in [2.05, 4.69) is 5.32 Å². The van der Waals surface area contributed by atoms with Crippen molar-refractivity contribution in [2.75, 3.05) is 17.1 Å². The molecule has 7 nitrogen and oxygen atoms in total. The van der Waals surface area contributed by atoms with E-state index in [0.717, 1.165) is 53.5 Å². The van der Waals surface area contributed by atoms with Gasteiger partial charge in [0, 0.05) is 32.0 Å². The summed E-state index contributed by atoms with van der Waals surface area (Å²) in [6, 6.07) is 22.9. The zero-order valence-corrected chi connectivity index (χ0v) is 26.7. The number of hydrogen-bond acceptors (Lipinski definition) is 4. The fourth-order valence-electron chi connectivity index (χ4n) is 5.80. The summed E-state index contributed by atoms with van der Waals surface area (Å²) in [5.74, 6) is -0.304. The van der Waals surface area contributed by atoms with Gasteiger partial charge in [0.1, 0.15) is 6.04 Å². The molecule has 1 fully saturated rings. The molecule has 1 saturated carbocycles. The molecule has 0 bridgehead atoms. The normalized spacial score (nSPS) is 14.3. The Balaban J connectivity index is 1.59. The second-order valence-electron chi connectivity index (χ2n) is 11.9. The van der Waals surface area contributed by atoms with Crippen molar-refractivity contribution in [2.45, 2.75) is 84.3 Å². The number of carbonyl (C=O) groups is 2. The second-order valence-corrected chi connectivity index (χ2v) is 13.8. The van der Waals surface area contributed by atoms with E-state index in [4.69, 9.17) is 0 Å². The minimum atomic E-state index is -3.57. The minimum Gasteiger partial charge on any atom is -0.352 e. The highest BCUT2D eigenvalue weighted by molar-refractivity contribution is 7.92. The summed E-state index contributed by atoms with van der Waals surface area (Å²) < 4.78 is 27.0. The zero-order valence-electron chi connectivity index (χ0n) is 25.9. The Morgan fingerprint density at radius 3 is 2.21 bits per heavy atom. The molecule has 0 aliphatic heterocycles. The summed E-state index contributed by atoms with van der Waals surface area (Å²) in [5, 5.41) is 3.24. The molecule has 8 heteroatoms. The van der Waals surface area contributed by atoms with Gasteiger partial charge in [-0.1, -0.05) is 85.1 Å². The first-order valence-corrected chi connectivity index (χ1v) is 17.1. The van der Waals surface area contributed by atoms with E-state index in [0.29, 0.717) is 25.1 Å². The highest BCUT2D eigenvalue weighted by Crippen LogP contribution is 2.26. The van der Waals surface area contributed by atoms with Gasteiger partial charge in [-0.05, 0) is 68.4 Å². The summed E-state index contributed by atoms with van der Waals surface area (Å²) in [7, 11) is -3.57. The quantitative estimate of drug-likeness (QED) is 0.265. The molecule has 0 spiro atoms. The Morgan fingerprint density at radius 2 is 1.56 bits per heavy atom. The van der Waals surface area contributed by atoms with Crippen LogP contribution < -0.4 is 9.62 Å². The number of hydrogen-bond donors (Lipinski definition) is 1. The van der Waals surface area contributed by atoms with Crippen molar-refractivity contribution in [3.05, 3.63) is 101 Å². The molecule has 1 atom stereocenters. The third kappa shape index (κ3) is 8.92. The maximum atomic E-state index is 14.1. The number of sulfonamides is 1. The number of nitrogens with zero attached hydrogens (tertiary/aromatic N) is 2. The number of rotatable bonds is 13. The summed E-state index contributed by atoms with van der Waals surface area (Å²) in [5.41, 5.74) is 5.57. The van der Waals surface area contributed by atoms with Crippen molar-refractivity contribution in [2.24, 2.45) is 0 Å². The maximum absolute atomic E-state index is 14.1. The predicted molar refractivity (Wildman–Crippen MR) is 173 cm³/mol. The summed E-state index contributed by atoms with van der Waals surface area (Å²) >= 11 is 0. The molecule has 0 saturated heterocycles. The Morgan fingerprint density at radius 1 is 0.884 bits per heavy atom. The van der Waals surface area contributed by atoms with Crippen LogP contribution in [0.4, 0.5) is 5.69 Å². The maximum Gasteiger partial charge on any atom is 0.243 e. The lowest BCUT2D eigenvalue weighted by molar-refractivity contribution is -0.141. The monoisotopic (exact) mass is 603 g/mol. The molecule has 1 unspecified atom stereocenters. The minimum absolute atomic E-state index is 0.116. The van der Waals surface area contributed by atoms with Crippen LogP contribution in [0.15, 0.2) is 72.8 Å². The van der Waals surface area contributed by atoms with Crippen molar-refractivity contribution in [1.82, 2.24) is 10.2 Å². The number of anilines is 1. The molecule has 1 N–H and O–H groups in total. The van der Waals surface area contributed by atoms with Gasteiger partial charge < -0.3 is 10.2 Å². The van der Waals surface area contributed by atoms with Crippen LogP contribution in [0.5, 0.6) is 0 Å². The molecule has 43 heavy (non-hydrogen) atoms. The van der Waals surface area contributed by atoms with Crippen molar-refractivity contribution >= 4 is 27.5 Å². The Hall–Kier alpha value is -3.65. The second kappa shape index (κ2) is 14.7. The van der Waals surface area contributed by atoms with E-state index in [1.54, 1.807) is 11.0 Å². The van der Waals surface area contributed by atoms with Gasteiger partial charge in [-0.3, -0.25) is 13.9 Å². The molecule has 2 amide bonds. The van der Waals surface area contributed by atoms with Gasteiger partial charge in [0.25, 0.3) is 0 Å². The van der Waals surface area contributed by atoms with Crippen molar-refractivity contribution in [1.29, 1.82) is 0 Å². The van der Waals surface area contributed by atoms with Crippen LogP contribution in [-0.4, -0.2) is 50.0 Å². The summed E-state index contributed by atoms with van der Waals surface area (Å²) in [6.07, 6.45) is 6.13. The van der Waals surface area contributed by atoms with Gasteiger partial charge in [-0.15, -0.1) is 0 Å². The largest absolute Gasteiger partial charge is 0.352 e. The van der Waals surface area contributed by atoms with E-state index < -0.39 is 16.1 Å². The van der Waals surface area contributed by atoms with Crippen molar-refractivity contribution in [3.8, 4) is 0 Å². The lowest BCUT2D eigenvalue weighted by Gasteiger charge is -2.33. The highest BCUT2D eigenvalue weighted by atomic mass is 32.2. The average Bonchev–Trinajstić information content (AvgIpc) is 3.48. The smallest absolute Gasteiger partial charge is 0.243 e. The molecule has 230 valence electrons. The van der Waals surface area contributed by atoms with Gasteiger partial charge in [0.15, 0.2) is 0 Å². The van der Waals surface area contributed by atoms with Gasteiger partial charge in [-0.2, -0.15) is 0 Å². The fraction of sp³-hybridized carbons (Fsp3) is 0.429. The number of aryl methyl sites for hydroxylation is 2. The summed E-state index contributed by atoms with van der Waals surface area (Å²) in [4.78, 5) is 29.6. The van der Waals surface area contributed by atoms with E-state index >= 15 is 0 Å². The molecule has 1 aliphatic rings. The first kappa shape index (κ1) is 32.3. The molecule has 1 aliphatic carbocycles. The van der Waals surface area contributed by atoms with Crippen molar-refractivity contribution in [3.63, 3.8) is 0 Å². The number of benzene rings is 3. The first-order valence-electron chi connectivity index (χ1n) is 15.3. The molecule has 3 aromatic carbocycles. The summed E-state index contributed by atoms with van der Waals surface area (Å²) in [6.45, 7) is 6.35. The lowest BCUT2D eigenvalue weighted by atomic mass is 10.0. The van der Waals surface area contributed by atoms with Crippen molar-refractivity contribution < 1.29 is 18.0 Å². The van der Waals surface area contributed by atoms with Crippen LogP contribution in [-0.2, 0) is 32.6 Å². The molecule has 3 aromatic rings. The fourth-order valence-corrected chi connectivity index (χ4v) is 6.82. The lowest BCUT2D eigenvalue weighted by Crippen LogP contribution is -2.52. The van der Waals surface area contributed by atoms with E-state index in [-0.39, 0.29) is 30.8 Å². The first-order chi connectivity index (χ1) is 20.5. The third-order valence-corrected chi connectivity index (χ3v) is 9.62. The van der Waals surface area contributed by atoms with Gasteiger partial charge in [-0.25, -0.2) is 8.42 Å². The van der Waals surface area contributed by atoms with Crippen LogP contribution in [0.2, 0.25) is 0 Å².